The summed E-state index contributed by atoms with van der Waals surface area (Å²) in [5.41, 5.74) is 2.11. The van der Waals surface area contributed by atoms with Crippen LogP contribution in [0.1, 0.15) is 31.2 Å². The SMILES string of the molecule is O[C@@H]1CCCOC12CCN(Cc1ccnc3ccccc13)CC2. The lowest BCUT2D eigenvalue weighted by molar-refractivity contribution is -0.177. The smallest absolute Gasteiger partial charge is 0.0964 e. The van der Waals surface area contributed by atoms with E-state index in [2.05, 4.69) is 34.1 Å². The van der Waals surface area contributed by atoms with Crippen molar-refractivity contribution in [3.8, 4) is 0 Å². The molecule has 23 heavy (non-hydrogen) atoms. The summed E-state index contributed by atoms with van der Waals surface area (Å²) < 4.78 is 6.00. The highest BCUT2D eigenvalue weighted by molar-refractivity contribution is 5.81. The molecule has 3 heterocycles. The predicted octanol–water partition coefficient (Wildman–Crippen LogP) is 2.74. The number of pyridine rings is 1. The van der Waals surface area contributed by atoms with Crippen LogP contribution in [0, 0.1) is 0 Å². The van der Waals surface area contributed by atoms with Crippen LogP contribution in [0.3, 0.4) is 0 Å². The van der Waals surface area contributed by atoms with Crippen LogP contribution in [0.5, 0.6) is 0 Å². The third-order valence-electron chi connectivity index (χ3n) is 5.45. The summed E-state index contributed by atoms with van der Waals surface area (Å²) in [6, 6.07) is 10.4. The maximum absolute atomic E-state index is 10.4. The minimum absolute atomic E-state index is 0.283. The molecule has 2 aliphatic heterocycles. The van der Waals surface area contributed by atoms with E-state index in [4.69, 9.17) is 4.74 Å². The fourth-order valence-corrected chi connectivity index (χ4v) is 4.01. The molecule has 0 bridgehead atoms. The zero-order chi connectivity index (χ0) is 15.7. The third kappa shape index (κ3) is 2.87. The van der Waals surface area contributed by atoms with Gasteiger partial charge < -0.3 is 9.84 Å². The fraction of sp³-hybridized carbons (Fsp3) is 0.526. The Balaban J connectivity index is 1.47. The van der Waals surface area contributed by atoms with Gasteiger partial charge in [-0.1, -0.05) is 18.2 Å². The summed E-state index contributed by atoms with van der Waals surface area (Å²) in [5, 5.41) is 11.6. The zero-order valence-corrected chi connectivity index (χ0v) is 13.4. The Morgan fingerprint density at radius 3 is 2.87 bits per heavy atom. The summed E-state index contributed by atoms with van der Waals surface area (Å²) in [4.78, 5) is 6.91. The van der Waals surface area contributed by atoms with Gasteiger partial charge in [-0.05, 0) is 43.4 Å². The van der Waals surface area contributed by atoms with Crippen LogP contribution in [0.15, 0.2) is 36.5 Å². The Labute approximate surface area is 137 Å². The molecule has 4 rings (SSSR count). The van der Waals surface area contributed by atoms with Crippen LogP contribution in [-0.2, 0) is 11.3 Å². The summed E-state index contributed by atoms with van der Waals surface area (Å²) in [5.74, 6) is 0. The van der Waals surface area contributed by atoms with Crippen molar-refractivity contribution in [2.45, 2.75) is 43.9 Å². The number of hydrogen-bond donors (Lipinski definition) is 1. The number of rotatable bonds is 2. The summed E-state index contributed by atoms with van der Waals surface area (Å²) in [7, 11) is 0. The number of benzene rings is 1. The molecule has 4 nitrogen and oxygen atoms in total. The van der Waals surface area contributed by atoms with Gasteiger partial charge in [0.1, 0.15) is 0 Å². The molecule has 0 saturated carbocycles. The Morgan fingerprint density at radius 2 is 2.04 bits per heavy atom. The van der Waals surface area contributed by atoms with E-state index in [9.17, 15) is 5.11 Å². The Morgan fingerprint density at radius 1 is 1.22 bits per heavy atom. The van der Waals surface area contributed by atoms with Gasteiger partial charge in [0, 0.05) is 37.8 Å². The van der Waals surface area contributed by atoms with Gasteiger partial charge in [0.15, 0.2) is 0 Å². The van der Waals surface area contributed by atoms with Gasteiger partial charge in [-0.25, -0.2) is 0 Å². The number of aliphatic hydroxyl groups is 1. The number of piperidine rings is 1. The molecule has 0 aliphatic carbocycles. The molecule has 0 radical (unpaired) electrons. The van der Waals surface area contributed by atoms with E-state index in [1.807, 2.05) is 12.3 Å². The minimum Gasteiger partial charge on any atom is -0.390 e. The van der Waals surface area contributed by atoms with Crippen LogP contribution in [0.25, 0.3) is 10.9 Å². The Bertz CT molecular complexity index is 675. The van der Waals surface area contributed by atoms with E-state index in [1.54, 1.807) is 0 Å². The van der Waals surface area contributed by atoms with Crippen molar-refractivity contribution in [1.29, 1.82) is 0 Å². The number of fused-ring (bicyclic) bond motifs is 1. The van der Waals surface area contributed by atoms with Crippen LogP contribution in [0.2, 0.25) is 0 Å². The Hall–Kier alpha value is -1.49. The minimum atomic E-state index is -0.292. The van der Waals surface area contributed by atoms with E-state index >= 15 is 0 Å². The van der Waals surface area contributed by atoms with E-state index in [0.717, 1.165) is 57.4 Å². The van der Waals surface area contributed by atoms with Gasteiger partial charge in [0.25, 0.3) is 0 Å². The first-order valence-electron chi connectivity index (χ1n) is 8.64. The van der Waals surface area contributed by atoms with Crippen molar-refractivity contribution in [3.63, 3.8) is 0 Å². The second-order valence-electron chi connectivity index (χ2n) is 6.83. The predicted molar refractivity (Wildman–Crippen MR) is 90.2 cm³/mol. The molecule has 1 atom stereocenters. The number of hydrogen-bond acceptors (Lipinski definition) is 4. The van der Waals surface area contributed by atoms with Crippen LogP contribution >= 0.6 is 0 Å². The number of aromatic nitrogens is 1. The molecule has 1 aromatic carbocycles. The second kappa shape index (κ2) is 6.19. The first-order chi connectivity index (χ1) is 11.3. The molecular formula is C19H24N2O2. The molecule has 122 valence electrons. The monoisotopic (exact) mass is 312 g/mol. The normalized spacial score (nSPS) is 25.0. The van der Waals surface area contributed by atoms with Gasteiger partial charge >= 0.3 is 0 Å². The van der Waals surface area contributed by atoms with Gasteiger partial charge in [-0.3, -0.25) is 9.88 Å². The molecule has 2 aliphatic rings. The van der Waals surface area contributed by atoms with Crippen molar-refractivity contribution in [2.24, 2.45) is 0 Å². The molecule has 1 N–H and O–H groups in total. The maximum Gasteiger partial charge on any atom is 0.0964 e. The van der Waals surface area contributed by atoms with E-state index < -0.39 is 0 Å². The lowest BCUT2D eigenvalue weighted by Gasteiger charge is -2.46. The topological polar surface area (TPSA) is 45.6 Å². The quantitative estimate of drug-likeness (QED) is 0.926. The van der Waals surface area contributed by atoms with Gasteiger partial charge in [0.2, 0.25) is 0 Å². The summed E-state index contributed by atoms with van der Waals surface area (Å²) in [6.07, 6.45) is 5.33. The molecule has 4 heteroatoms. The summed E-state index contributed by atoms with van der Waals surface area (Å²) in [6.45, 7) is 3.70. The van der Waals surface area contributed by atoms with E-state index in [0.29, 0.717) is 0 Å². The first-order valence-corrected chi connectivity index (χ1v) is 8.64. The van der Waals surface area contributed by atoms with Crippen molar-refractivity contribution in [3.05, 3.63) is 42.1 Å². The molecule has 2 saturated heterocycles. The molecule has 0 amide bonds. The van der Waals surface area contributed by atoms with Crippen molar-refractivity contribution < 1.29 is 9.84 Å². The largest absolute Gasteiger partial charge is 0.390 e. The molecule has 1 aromatic heterocycles. The van der Waals surface area contributed by atoms with E-state index in [1.165, 1.54) is 10.9 Å². The van der Waals surface area contributed by atoms with Crippen molar-refractivity contribution >= 4 is 10.9 Å². The van der Waals surface area contributed by atoms with E-state index in [-0.39, 0.29) is 11.7 Å². The van der Waals surface area contributed by atoms with Crippen molar-refractivity contribution in [2.75, 3.05) is 19.7 Å². The maximum atomic E-state index is 10.4. The highest BCUT2D eigenvalue weighted by Crippen LogP contribution is 2.35. The first kappa shape index (κ1) is 15.1. The van der Waals surface area contributed by atoms with Crippen LogP contribution in [0.4, 0.5) is 0 Å². The number of nitrogens with zero attached hydrogens (tertiary/aromatic N) is 2. The lowest BCUT2D eigenvalue weighted by Crippen LogP contribution is -2.55. The third-order valence-corrected chi connectivity index (χ3v) is 5.45. The zero-order valence-electron chi connectivity index (χ0n) is 13.4. The van der Waals surface area contributed by atoms with Gasteiger partial charge in [-0.15, -0.1) is 0 Å². The molecule has 0 unspecified atom stereocenters. The van der Waals surface area contributed by atoms with Crippen LogP contribution in [-0.4, -0.2) is 46.4 Å². The number of likely N-dealkylation sites (tertiary alicyclic amines) is 1. The standard InChI is InChI=1S/C19H24N2O2/c22-18-6-3-13-23-19(18)8-11-21(12-9-19)14-15-7-10-20-17-5-2-1-4-16(15)17/h1-2,4-5,7,10,18,22H,3,6,8-9,11-14H2/t18-/m1/s1. The van der Waals surface area contributed by atoms with Gasteiger partial charge in [0.05, 0.1) is 17.2 Å². The fourth-order valence-electron chi connectivity index (χ4n) is 4.01. The molecule has 2 aromatic rings. The second-order valence-corrected chi connectivity index (χ2v) is 6.83. The summed E-state index contributed by atoms with van der Waals surface area (Å²) >= 11 is 0. The van der Waals surface area contributed by atoms with Gasteiger partial charge in [-0.2, -0.15) is 0 Å². The molecular weight excluding hydrogens is 288 g/mol. The number of ether oxygens (including phenoxy) is 1. The van der Waals surface area contributed by atoms with Crippen molar-refractivity contribution in [1.82, 2.24) is 9.88 Å². The average molecular weight is 312 g/mol. The molecule has 2 fully saturated rings. The number of aliphatic hydroxyl groups excluding tert-OH is 1. The highest BCUT2D eigenvalue weighted by atomic mass is 16.5. The molecule has 1 spiro atoms. The lowest BCUT2D eigenvalue weighted by atomic mass is 9.82. The van der Waals surface area contributed by atoms with Crippen LogP contribution < -0.4 is 0 Å². The highest BCUT2D eigenvalue weighted by Gasteiger charge is 2.43. The average Bonchev–Trinajstić information content (AvgIpc) is 2.60. The number of para-hydroxylation sites is 1. The Kier molecular flexibility index (Phi) is 4.05.